The van der Waals surface area contributed by atoms with Gasteiger partial charge in [-0.25, -0.2) is 0 Å². The van der Waals surface area contributed by atoms with Gasteiger partial charge in [-0.05, 0) is 24.3 Å². The van der Waals surface area contributed by atoms with E-state index in [1.807, 2.05) is 18.2 Å². The molecule has 6 nitrogen and oxygen atoms in total. The van der Waals surface area contributed by atoms with Crippen molar-refractivity contribution in [1.82, 2.24) is 9.55 Å². The minimum absolute atomic E-state index is 0.193. The molecule has 0 unspecified atom stereocenters. The fourth-order valence-corrected chi connectivity index (χ4v) is 2.38. The lowest BCUT2D eigenvalue weighted by atomic mass is 10.1. The Kier molecular flexibility index (Phi) is 3.80. The Morgan fingerprint density at radius 1 is 1.26 bits per heavy atom. The Morgan fingerprint density at radius 3 is 2.87 bits per heavy atom. The molecule has 0 aliphatic heterocycles. The zero-order valence-electron chi connectivity index (χ0n) is 12.7. The molecule has 1 N–H and O–H groups in total. The second-order valence-corrected chi connectivity index (χ2v) is 5.03. The molecule has 0 fully saturated rings. The molecular weight excluding hydrogens is 294 g/mol. The van der Waals surface area contributed by atoms with Gasteiger partial charge in [0.15, 0.2) is 5.75 Å². The molecule has 0 saturated heterocycles. The highest BCUT2D eigenvalue weighted by molar-refractivity contribution is 6.07. The van der Waals surface area contributed by atoms with Gasteiger partial charge in [0.1, 0.15) is 5.69 Å². The number of aromatic nitrogens is 2. The first-order valence-electron chi connectivity index (χ1n) is 7.00. The molecule has 1 amide bonds. The summed E-state index contributed by atoms with van der Waals surface area (Å²) in [6, 6.07) is 10.4. The molecule has 0 aliphatic carbocycles. The van der Waals surface area contributed by atoms with Gasteiger partial charge >= 0.3 is 0 Å². The van der Waals surface area contributed by atoms with Crippen LogP contribution < -0.4 is 15.5 Å². The SMILES string of the molecule is COc1cn(C)c(C(=O)Nc2cccc3ncccc23)cc1=O. The Morgan fingerprint density at radius 2 is 2.09 bits per heavy atom. The van der Waals surface area contributed by atoms with E-state index in [-0.39, 0.29) is 22.8 Å². The maximum absolute atomic E-state index is 12.5. The summed E-state index contributed by atoms with van der Waals surface area (Å²) in [7, 11) is 3.10. The predicted octanol–water partition coefficient (Wildman–Crippen LogP) is 2.19. The van der Waals surface area contributed by atoms with Crippen LogP contribution in [0.5, 0.6) is 5.75 Å². The number of rotatable bonds is 3. The van der Waals surface area contributed by atoms with E-state index in [0.717, 1.165) is 10.9 Å². The standard InChI is InChI=1S/C17H15N3O3/c1-20-10-16(23-2)15(21)9-14(20)17(22)19-13-7-3-6-12-11(13)5-4-8-18-12/h3-10H,1-2H3,(H,19,22). The van der Waals surface area contributed by atoms with Crippen LogP contribution in [0.25, 0.3) is 10.9 Å². The van der Waals surface area contributed by atoms with Crippen molar-refractivity contribution in [2.45, 2.75) is 0 Å². The Balaban J connectivity index is 1.98. The third-order valence-electron chi connectivity index (χ3n) is 3.55. The van der Waals surface area contributed by atoms with Crippen LogP contribution >= 0.6 is 0 Å². The van der Waals surface area contributed by atoms with Crippen molar-refractivity contribution in [2.24, 2.45) is 7.05 Å². The third-order valence-corrected chi connectivity index (χ3v) is 3.55. The number of benzene rings is 1. The largest absolute Gasteiger partial charge is 0.491 e. The number of amides is 1. The molecule has 23 heavy (non-hydrogen) atoms. The number of hydrogen-bond donors (Lipinski definition) is 1. The van der Waals surface area contributed by atoms with Crippen LogP contribution in [0.3, 0.4) is 0 Å². The molecule has 1 aromatic carbocycles. The molecule has 0 radical (unpaired) electrons. The number of nitrogens with zero attached hydrogens (tertiary/aromatic N) is 2. The number of hydrogen-bond acceptors (Lipinski definition) is 4. The lowest BCUT2D eigenvalue weighted by molar-refractivity contribution is 0.101. The first kappa shape index (κ1) is 14.8. The molecule has 3 rings (SSSR count). The summed E-state index contributed by atoms with van der Waals surface area (Å²) in [6.07, 6.45) is 3.18. The van der Waals surface area contributed by atoms with Gasteiger partial charge < -0.3 is 14.6 Å². The smallest absolute Gasteiger partial charge is 0.272 e. The summed E-state index contributed by atoms with van der Waals surface area (Å²) >= 11 is 0. The average Bonchev–Trinajstić information content (AvgIpc) is 2.56. The second-order valence-electron chi connectivity index (χ2n) is 5.03. The molecule has 0 atom stereocenters. The van der Waals surface area contributed by atoms with Gasteiger partial charge in [0.2, 0.25) is 5.43 Å². The lowest BCUT2D eigenvalue weighted by Gasteiger charge is -2.12. The number of anilines is 1. The molecular formula is C17H15N3O3. The number of fused-ring (bicyclic) bond motifs is 1. The molecule has 0 saturated carbocycles. The summed E-state index contributed by atoms with van der Waals surface area (Å²) < 4.78 is 6.52. The highest BCUT2D eigenvalue weighted by atomic mass is 16.5. The number of methoxy groups -OCH3 is 1. The van der Waals surface area contributed by atoms with E-state index in [1.165, 1.54) is 19.4 Å². The topological polar surface area (TPSA) is 73.2 Å². The highest BCUT2D eigenvalue weighted by Crippen LogP contribution is 2.21. The van der Waals surface area contributed by atoms with E-state index in [2.05, 4.69) is 10.3 Å². The maximum Gasteiger partial charge on any atom is 0.272 e. The van der Waals surface area contributed by atoms with Crippen LogP contribution in [-0.2, 0) is 7.05 Å². The van der Waals surface area contributed by atoms with Gasteiger partial charge in [0.05, 0.1) is 24.5 Å². The highest BCUT2D eigenvalue weighted by Gasteiger charge is 2.13. The summed E-state index contributed by atoms with van der Waals surface area (Å²) in [5, 5.41) is 3.66. The number of ether oxygens (including phenoxy) is 1. The van der Waals surface area contributed by atoms with Crippen molar-refractivity contribution in [3.63, 3.8) is 0 Å². The maximum atomic E-state index is 12.5. The fraction of sp³-hybridized carbons (Fsp3) is 0.118. The Bertz CT molecular complexity index is 942. The van der Waals surface area contributed by atoms with Crippen molar-refractivity contribution in [1.29, 1.82) is 0 Å². The van der Waals surface area contributed by atoms with Gasteiger partial charge in [0, 0.05) is 24.7 Å². The zero-order valence-corrected chi connectivity index (χ0v) is 12.7. The number of nitrogens with one attached hydrogen (secondary N) is 1. The average molecular weight is 309 g/mol. The summed E-state index contributed by atoms with van der Waals surface area (Å²) in [5.41, 5.74) is 1.34. The number of carbonyl (C=O) groups is 1. The molecule has 0 bridgehead atoms. The minimum Gasteiger partial charge on any atom is -0.491 e. The van der Waals surface area contributed by atoms with Crippen LogP contribution in [-0.4, -0.2) is 22.6 Å². The van der Waals surface area contributed by atoms with Gasteiger partial charge in [0.25, 0.3) is 5.91 Å². The van der Waals surface area contributed by atoms with E-state index >= 15 is 0 Å². The second kappa shape index (κ2) is 5.92. The van der Waals surface area contributed by atoms with Crippen LogP contribution in [0, 0.1) is 0 Å². The Labute approximate surface area is 132 Å². The Hall–Kier alpha value is -3.15. The van der Waals surface area contributed by atoms with Crippen molar-refractivity contribution in [3.05, 3.63) is 64.7 Å². The minimum atomic E-state index is -0.372. The van der Waals surface area contributed by atoms with Gasteiger partial charge in [-0.15, -0.1) is 0 Å². The molecule has 0 aliphatic rings. The molecule has 2 aromatic heterocycles. The number of carbonyl (C=O) groups excluding carboxylic acids is 1. The fourth-order valence-electron chi connectivity index (χ4n) is 2.38. The van der Waals surface area contributed by atoms with E-state index in [4.69, 9.17) is 4.74 Å². The van der Waals surface area contributed by atoms with Gasteiger partial charge in [-0.1, -0.05) is 6.07 Å². The first-order chi connectivity index (χ1) is 11.1. The van der Waals surface area contributed by atoms with E-state index < -0.39 is 0 Å². The normalized spacial score (nSPS) is 10.5. The first-order valence-corrected chi connectivity index (χ1v) is 7.00. The molecule has 2 heterocycles. The van der Waals surface area contributed by atoms with E-state index in [1.54, 1.807) is 29.9 Å². The zero-order chi connectivity index (χ0) is 16.4. The van der Waals surface area contributed by atoms with Crippen LogP contribution in [0.15, 0.2) is 53.6 Å². The third kappa shape index (κ3) is 2.78. The summed E-state index contributed by atoms with van der Waals surface area (Å²) in [6.45, 7) is 0. The summed E-state index contributed by atoms with van der Waals surface area (Å²) in [4.78, 5) is 28.6. The van der Waals surface area contributed by atoms with Crippen LogP contribution in [0.4, 0.5) is 5.69 Å². The molecule has 0 spiro atoms. The lowest BCUT2D eigenvalue weighted by Crippen LogP contribution is -2.21. The van der Waals surface area contributed by atoms with Crippen molar-refractivity contribution < 1.29 is 9.53 Å². The van der Waals surface area contributed by atoms with E-state index in [9.17, 15) is 9.59 Å². The van der Waals surface area contributed by atoms with E-state index in [0.29, 0.717) is 5.69 Å². The van der Waals surface area contributed by atoms with Gasteiger partial charge in [-0.2, -0.15) is 0 Å². The molecule has 3 aromatic rings. The van der Waals surface area contributed by atoms with Crippen LogP contribution in [0.2, 0.25) is 0 Å². The van der Waals surface area contributed by atoms with Crippen molar-refractivity contribution in [3.8, 4) is 5.75 Å². The predicted molar refractivity (Wildman–Crippen MR) is 87.9 cm³/mol. The summed E-state index contributed by atoms with van der Waals surface area (Å²) in [5.74, 6) is -0.179. The molecule has 6 heteroatoms. The van der Waals surface area contributed by atoms with Crippen molar-refractivity contribution >= 4 is 22.5 Å². The van der Waals surface area contributed by atoms with Crippen LogP contribution in [0.1, 0.15) is 10.5 Å². The quantitative estimate of drug-likeness (QED) is 0.805. The number of aryl methyl sites for hydroxylation is 1. The van der Waals surface area contributed by atoms with Gasteiger partial charge in [-0.3, -0.25) is 14.6 Å². The molecule has 116 valence electrons. The monoisotopic (exact) mass is 309 g/mol. The van der Waals surface area contributed by atoms with Crippen molar-refractivity contribution in [2.75, 3.05) is 12.4 Å². The number of pyridine rings is 2.